The number of hydrogen-bond acceptors (Lipinski definition) is 6. The fourth-order valence-corrected chi connectivity index (χ4v) is 8.18. The Morgan fingerprint density at radius 1 is 0.732 bits per heavy atom. The second kappa shape index (κ2) is 12.4. The lowest BCUT2D eigenvalue weighted by molar-refractivity contribution is -0.144. The van der Waals surface area contributed by atoms with Crippen molar-refractivity contribution < 1.29 is 22.7 Å². The first-order valence-electron chi connectivity index (χ1n) is 13.4. The van der Waals surface area contributed by atoms with Gasteiger partial charge in [-0.2, -0.15) is 0 Å². The van der Waals surface area contributed by atoms with E-state index in [4.69, 9.17) is 16.3 Å². The molecule has 0 amide bonds. The van der Waals surface area contributed by atoms with Gasteiger partial charge in [0, 0.05) is 17.1 Å². The van der Waals surface area contributed by atoms with Gasteiger partial charge in [0.15, 0.2) is 20.9 Å². The van der Waals surface area contributed by atoms with E-state index in [1.165, 1.54) is 12.1 Å². The number of esters is 1. The molecular formula is C33H30ClNO5S. The lowest BCUT2D eigenvalue weighted by atomic mass is 9.90. The summed E-state index contributed by atoms with van der Waals surface area (Å²) < 4.78 is 34.8. The Morgan fingerprint density at radius 2 is 1.22 bits per heavy atom. The second-order valence-corrected chi connectivity index (χ2v) is 12.6. The zero-order chi connectivity index (χ0) is 29.0. The predicted molar refractivity (Wildman–Crippen MR) is 159 cm³/mol. The number of carbonyl (C=O) groups excluding carboxylic acids is 2. The van der Waals surface area contributed by atoms with Gasteiger partial charge in [0.05, 0.1) is 18.7 Å². The SMILES string of the molecule is CCOC(=O)[C@H]1[C@H](c2ccccc2)N(Cc2ccccc2)[C@H](c2ccccc2)[C@@H](C(=O)c2ccc(Cl)cc2)S1(=O)=O. The number of sulfone groups is 1. The maximum absolute atomic E-state index is 14.7. The van der Waals surface area contributed by atoms with Crippen LogP contribution in [0.25, 0.3) is 0 Å². The highest BCUT2D eigenvalue weighted by Gasteiger charge is 2.59. The van der Waals surface area contributed by atoms with Gasteiger partial charge in [0.1, 0.15) is 5.25 Å². The summed E-state index contributed by atoms with van der Waals surface area (Å²) >= 11 is 6.08. The van der Waals surface area contributed by atoms with Crippen LogP contribution in [-0.2, 0) is 25.9 Å². The number of Topliss-reactive ketones (excluding diaryl/α,β-unsaturated/α-hetero) is 1. The van der Waals surface area contributed by atoms with E-state index in [1.54, 1.807) is 19.1 Å². The summed E-state index contributed by atoms with van der Waals surface area (Å²) in [7, 11) is -4.46. The molecule has 0 spiro atoms. The van der Waals surface area contributed by atoms with Crippen LogP contribution in [0.5, 0.6) is 0 Å². The van der Waals surface area contributed by atoms with Gasteiger partial charge in [0.2, 0.25) is 0 Å². The smallest absolute Gasteiger partial charge is 0.326 e. The summed E-state index contributed by atoms with van der Waals surface area (Å²) in [6, 6.07) is 32.2. The molecule has 0 radical (unpaired) electrons. The highest BCUT2D eigenvalue weighted by atomic mass is 35.5. The van der Waals surface area contributed by atoms with Crippen molar-refractivity contribution in [1.29, 1.82) is 0 Å². The molecule has 8 heteroatoms. The first-order chi connectivity index (χ1) is 19.8. The van der Waals surface area contributed by atoms with Crippen molar-refractivity contribution in [3.05, 3.63) is 143 Å². The molecule has 4 aromatic carbocycles. The normalized spacial score (nSPS) is 22.1. The summed E-state index contributed by atoms with van der Waals surface area (Å²) in [4.78, 5) is 29.9. The standard InChI is InChI=1S/C33H30ClNO5S/c1-2-40-33(37)32-29(25-16-10-5-11-17-25)35(22-23-12-6-3-7-13-23)28(24-14-8-4-9-15-24)31(41(32,38)39)30(36)26-18-20-27(34)21-19-26/h3-21,28-29,31-32H,2,22H2,1H3/t28-,29+,31+,32-/m1/s1. The average Bonchev–Trinajstić information content (AvgIpc) is 2.99. The molecular weight excluding hydrogens is 558 g/mol. The van der Waals surface area contributed by atoms with E-state index in [0.29, 0.717) is 16.1 Å². The van der Waals surface area contributed by atoms with Crippen LogP contribution in [0, 0.1) is 0 Å². The van der Waals surface area contributed by atoms with Gasteiger partial charge >= 0.3 is 5.97 Å². The molecule has 0 N–H and O–H groups in total. The molecule has 1 heterocycles. The molecule has 4 aromatic rings. The van der Waals surface area contributed by atoms with Gasteiger partial charge in [-0.1, -0.05) is 103 Å². The second-order valence-electron chi connectivity index (χ2n) is 9.92. The lowest BCUT2D eigenvalue weighted by Crippen LogP contribution is -2.60. The van der Waals surface area contributed by atoms with Gasteiger partial charge in [-0.15, -0.1) is 0 Å². The molecule has 0 saturated carbocycles. The van der Waals surface area contributed by atoms with Crippen LogP contribution in [0.4, 0.5) is 0 Å². The monoisotopic (exact) mass is 587 g/mol. The highest BCUT2D eigenvalue weighted by Crippen LogP contribution is 2.47. The van der Waals surface area contributed by atoms with Crippen molar-refractivity contribution in [3.8, 4) is 0 Å². The van der Waals surface area contributed by atoms with Gasteiger partial charge in [-0.3, -0.25) is 14.5 Å². The van der Waals surface area contributed by atoms with E-state index < -0.39 is 44.2 Å². The first-order valence-corrected chi connectivity index (χ1v) is 15.4. The number of benzene rings is 4. The van der Waals surface area contributed by atoms with Crippen LogP contribution >= 0.6 is 11.6 Å². The largest absolute Gasteiger partial charge is 0.465 e. The summed E-state index contributed by atoms with van der Waals surface area (Å²) in [6.45, 7) is 1.93. The van der Waals surface area contributed by atoms with E-state index in [2.05, 4.69) is 0 Å². The minimum Gasteiger partial charge on any atom is -0.465 e. The summed E-state index contributed by atoms with van der Waals surface area (Å²) in [5, 5.41) is -2.79. The Balaban J connectivity index is 1.80. The number of hydrogen-bond donors (Lipinski definition) is 0. The van der Waals surface area contributed by atoms with Crippen LogP contribution in [0.15, 0.2) is 115 Å². The van der Waals surface area contributed by atoms with Crippen molar-refractivity contribution in [3.63, 3.8) is 0 Å². The Kier molecular flexibility index (Phi) is 8.68. The Morgan fingerprint density at radius 3 is 1.73 bits per heavy atom. The van der Waals surface area contributed by atoms with Crippen LogP contribution in [0.3, 0.4) is 0 Å². The maximum Gasteiger partial charge on any atom is 0.326 e. The zero-order valence-electron chi connectivity index (χ0n) is 22.5. The fraction of sp³-hybridized carbons (Fsp3) is 0.212. The topological polar surface area (TPSA) is 80.8 Å². The number of ether oxygens (including phenoxy) is 1. The van der Waals surface area contributed by atoms with Crippen LogP contribution in [-0.4, -0.2) is 42.2 Å². The molecule has 1 aliphatic rings. The highest BCUT2D eigenvalue weighted by molar-refractivity contribution is 7.94. The van der Waals surface area contributed by atoms with E-state index in [0.717, 1.165) is 5.56 Å². The van der Waals surface area contributed by atoms with Crippen LogP contribution < -0.4 is 0 Å². The first kappa shape index (κ1) is 28.7. The Bertz CT molecular complexity index is 1600. The van der Waals surface area contributed by atoms with Crippen LogP contribution in [0.2, 0.25) is 5.02 Å². The van der Waals surface area contributed by atoms with E-state index in [1.807, 2.05) is 95.9 Å². The van der Waals surface area contributed by atoms with Gasteiger partial charge in [-0.25, -0.2) is 8.42 Å². The van der Waals surface area contributed by atoms with Crippen molar-refractivity contribution in [2.45, 2.75) is 36.1 Å². The predicted octanol–water partition coefficient (Wildman–Crippen LogP) is 6.24. The molecule has 1 aliphatic heterocycles. The van der Waals surface area contributed by atoms with Crippen molar-refractivity contribution in [1.82, 2.24) is 4.90 Å². The molecule has 6 nitrogen and oxygen atoms in total. The third kappa shape index (κ3) is 5.84. The van der Waals surface area contributed by atoms with E-state index in [-0.39, 0.29) is 18.7 Å². The van der Waals surface area contributed by atoms with Crippen molar-refractivity contribution >= 4 is 33.2 Å². The number of halogens is 1. The molecule has 0 unspecified atom stereocenters. The van der Waals surface area contributed by atoms with Crippen molar-refractivity contribution in [2.24, 2.45) is 0 Å². The average molecular weight is 588 g/mol. The van der Waals surface area contributed by atoms with Gasteiger partial charge in [0.25, 0.3) is 0 Å². The number of nitrogens with zero attached hydrogens (tertiary/aromatic N) is 1. The number of carbonyl (C=O) groups is 2. The maximum atomic E-state index is 14.7. The van der Waals surface area contributed by atoms with Gasteiger partial charge < -0.3 is 4.74 Å². The molecule has 41 heavy (non-hydrogen) atoms. The third-order valence-corrected chi connectivity index (χ3v) is 9.98. The summed E-state index contributed by atoms with van der Waals surface area (Å²) in [5.41, 5.74) is 2.41. The quantitative estimate of drug-likeness (QED) is 0.179. The molecule has 4 atom stereocenters. The third-order valence-electron chi connectivity index (χ3n) is 7.39. The Labute approximate surface area is 245 Å². The fourth-order valence-electron chi connectivity index (χ4n) is 5.62. The molecule has 210 valence electrons. The molecule has 1 saturated heterocycles. The minimum atomic E-state index is -4.46. The molecule has 0 aromatic heterocycles. The summed E-state index contributed by atoms with van der Waals surface area (Å²) in [6.07, 6.45) is 0. The summed E-state index contributed by atoms with van der Waals surface area (Å²) in [5.74, 6) is -1.48. The van der Waals surface area contributed by atoms with Crippen LogP contribution in [0.1, 0.15) is 46.1 Å². The lowest BCUT2D eigenvalue weighted by Gasteiger charge is -2.48. The van der Waals surface area contributed by atoms with Gasteiger partial charge in [-0.05, 0) is 47.9 Å². The minimum absolute atomic E-state index is 0.00294. The van der Waals surface area contributed by atoms with Crippen molar-refractivity contribution in [2.75, 3.05) is 6.61 Å². The van der Waals surface area contributed by atoms with E-state index in [9.17, 15) is 18.0 Å². The molecule has 5 rings (SSSR count). The number of ketones is 1. The molecule has 0 aliphatic carbocycles. The molecule has 1 fully saturated rings. The Hall–Kier alpha value is -3.78. The molecule has 0 bridgehead atoms. The number of rotatable bonds is 8. The van der Waals surface area contributed by atoms with E-state index >= 15 is 0 Å². The zero-order valence-corrected chi connectivity index (χ0v) is 24.0.